The highest BCUT2D eigenvalue weighted by Gasteiger charge is 2.36. The van der Waals surface area contributed by atoms with E-state index in [-0.39, 0.29) is 5.57 Å². The molecule has 1 rings (SSSR count). The first kappa shape index (κ1) is 14.3. The summed E-state index contributed by atoms with van der Waals surface area (Å²) in [6.07, 6.45) is -4.52. The van der Waals surface area contributed by atoms with Crippen LogP contribution in [0.3, 0.4) is 0 Å². The number of hydrogen-bond acceptors (Lipinski definition) is 2. The molecule has 0 amide bonds. The molecule has 98 valence electrons. The number of benzene rings is 1. The van der Waals surface area contributed by atoms with Crippen LogP contribution >= 0.6 is 0 Å². The van der Waals surface area contributed by atoms with Gasteiger partial charge in [-0.15, -0.1) is 0 Å². The minimum atomic E-state index is -4.52. The average Bonchev–Trinajstić information content (AvgIpc) is 2.28. The minimum Gasteiger partial charge on any atom is -0.461 e. The fourth-order valence-corrected chi connectivity index (χ4v) is 1.44. The van der Waals surface area contributed by atoms with Gasteiger partial charge in [-0.2, -0.15) is 13.2 Å². The van der Waals surface area contributed by atoms with Gasteiger partial charge >= 0.3 is 12.1 Å². The molecule has 0 N–H and O–H groups in total. The third kappa shape index (κ3) is 3.91. The highest BCUT2D eigenvalue weighted by molar-refractivity contribution is 5.70. The van der Waals surface area contributed by atoms with Gasteiger partial charge in [0.05, 0.1) is 5.57 Å². The molecule has 0 aliphatic rings. The number of halogens is 3. The molecule has 5 heteroatoms. The van der Waals surface area contributed by atoms with E-state index in [1.807, 2.05) is 0 Å². The number of carbonyl (C=O) groups excluding carboxylic acids is 1. The van der Waals surface area contributed by atoms with Crippen molar-refractivity contribution in [2.45, 2.75) is 20.0 Å². The van der Waals surface area contributed by atoms with Crippen LogP contribution in [0.1, 0.15) is 19.4 Å². The highest BCUT2D eigenvalue weighted by atomic mass is 19.4. The standard InChI is InChI=1S/C13H13F3O2/c1-9(11-6-4-3-5-7-11)12(13(14,15)16)8-18-10(2)17/h3-7H,8H2,1-2H3/b12-9+. The molecule has 0 fully saturated rings. The van der Waals surface area contributed by atoms with Crippen LogP contribution in [0.5, 0.6) is 0 Å². The van der Waals surface area contributed by atoms with E-state index in [4.69, 9.17) is 0 Å². The van der Waals surface area contributed by atoms with Crippen molar-refractivity contribution < 1.29 is 22.7 Å². The Balaban J connectivity index is 3.12. The van der Waals surface area contributed by atoms with Gasteiger partial charge in [0.2, 0.25) is 0 Å². The van der Waals surface area contributed by atoms with Crippen LogP contribution in [-0.4, -0.2) is 18.8 Å². The van der Waals surface area contributed by atoms with Crippen LogP contribution in [-0.2, 0) is 9.53 Å². The van der Waals surface area contributed by atoms with Crippen molar-refractivity contribution in [3.8, 4) is 0 Å². The molecule has 0 atom stereocenters. The van der Waals surface area contributed by atoms with Gasteiger partial charge in [0, 0.05) is 6.92 Å². The molecule has 0 aromatic heterocycles. The average molecular weight is 258 g/mol. The van der Waals surface area contributed by atoms with Crippen LogP contribution in [0, 0.1) is 0 Å². The minimum absolute atomic E-state index is 0.0596. The zero-order chi connectivity index (χ0) is 13.8. The number of ether oxygens (including phenoxy) is 1. The van der Waals surface area contributed by atoms with E-state index in [9.17, 15) is 18.0 Å². The summed E-state index contributed by atoms with van der Waals surface area (Å²) in [7, 11) is 0. The van der Waals surface area contributed by atoms with Crippen molar-refractivity contribution >= 4 is 11.5 Å². The zero-order valence-corrected chi connectivity index (χ0v) is 10.0. The maximum Gasteiger partial charge on any atom is 0.416 e. The van der Waals surface area contributed by atoms with Gasteiger partial charge in [-0.3, -0.25) is 4.79 Å². The van der Waals surface area contributed by atoms with Gasteiger partial charge in [0.25, 0.3) is 0 Å². The van der Waals surface area contributed by atoms with E-state index in [1.165, 1.54) is 6.92 Å². The van der Waals surface area contributed by atoms with Crippen LogP contribution in [0.4, 0.5) is 13.2 Å². The Labute approximate surface area is 103 Å². The SMILES string of the molecule is CC(=O)OC/C(=C(/C)c1ccccc1)C(F)(F)F. The summed E-state index contributed by atoms with van der Waals surface area (Å²) in [5.41, 5.74) is -0.328. The van der Waals surface area contributed by atoms with Crippen molar-refractivity contribution in [3.63, 3.8) is 0 Å². The molecule has 18 heavy (non-hydrogen) atoms. The lowest BCUT2D eigenvalue weighted by Crippen LogP contribution is -2.19. The van der Waals surface area contributed by atoms with E-state index in [1.54, 1.807) is 30.3 Å². The van der Waals surface area contributed by atoms with Gasteiger partial charge < -0.3 is 4.74 Å². The van der Waals surface area contributed by atoms with E-state index in [0.717, 1.165) is 6.92 Å². The van der Waals surface area contributed by atoms with Gasteiger partial charge in [0.1, 0.15) is 6.61 Å². The molecule has 0 unspecified atom stereocenters. The van der Waals surface area contributed by atoms with Crippen molar-refractivity contribution in [2.24, 2.45) is 0 Å². The molecule has 0 saturated heterocycles. The van der Waals surface area contributed by atoms with Crippen molar-refractivity contribution in [2.75, 3.05) is 6.61 Å². The molecular formula is C13H13F3O2. The summed E-state index contributed by atoms with van der Waals surface area (Å²) in [6, 6.07) is 8.18. The number of allylic oxidation sites excluding steroid dienone is 1. The largest absolute Gasteiger partial charge is 0.461 e. The van der Waals surface area contributed by atoms with Crippen LogP contribution in [0.15, 0.2) is 35.9 Å². The molecule has 1 aromatic carbocycles. The van der Waals surface area contributed by atoms with Crippen molar-refractivity contribution in [1.82, 2.24) is 0 Å². The predicted octanol–water partition coefficient (Wildman–Crippen LogP) is 3.59. The van der Waals surface area contributed by atoms with Crippen LogP contribution < -0.4 is 0 Å². The Hall–Kier alpha value is -1.78. The van der Waals surface area contributed by atoms with Crippen LogP contribution in [0.2, 0.25) is 0 Å². The molecule has 0 aliphatic carbocycles. The summed E-state index contributed by atoms with van der Waals surface area (Å²) >= 11 is 0. The second kappa shape index (κ2) is 5.71. The summed E-state index contributed by atoms with van der Waals surface area (Å²) in [5, 5.41) is 0. The second-order valence-electron chi connectivity index (χ2n) is 3.75. The van der Waals surface area contributed by atoms with E-state index >= 15 is 0 Å². The van der Waals surface area contributed by atoms with Gasteiger partial charge in [0.15, 0.2) is 0 Å². The first-order valence-corrected chi connectivity index (χ1v) is 5.28. The maximum atomic E-state index is 12.9. The van der Waals surface area contributed by atoms with Crippen LogP contribution in [0.25, 0.3) is 5.57 Å². The molecule has 0 radical (unpaired) electrons. The van der Waals surface area contributed by atoms with Crippen molar-refractivity contribution in [3.05, 3.63) is 41.5 Å². The molecule has 0 heterocycles. The Morgan fingerprint density at radius 1 is 1.17 bits per heavy atom. The molecular weight excluding hydrogens is 245 g/mol. The molecule has 1 aromatic rings. The second-order valence-corrected chi connectivity index (χ2v) is 3.75. The Kier molecular flexibility index (Phi) is 4.53. The topological polar surface area (TPSA) is 26.3 Å². The van der Waals surface area contributed by atoms with E-state index in [2.05, 4.69) is 4.74 Å². The fourth-order valence-electron chi connectivity index (χ4n) is 1.44. The molecule has 0 spiro atoms. The zero-order valence-electron chi connectivity index (χ0n) is 10.0. The summed E-state index contributed by atoms with van der Waals surface area (Å²) in [5.74, 6) is -0.738. The highest BCUT2D eigenvalue weighted by Crippen LogP contribution is 2.32. The summed E-state index contributed by atoms with van der Waals surface area (Å²) in [6.45, 7) is 1.67. The Bertz CT molecular complexity index is 447. The third-order valence-electron chi connectivity index (χ3n) is 2.42. The Morgan fingerprint density at radius 2 is 1.72 bits per heavy atom. The van der Waals surface area contributed by atoms with Gasteiger partial charge in [-0.25, -0.2) is 0 Å². The molecule has 0 bridgehead atoms. The number of carbonyl (C=O) groups is 1. The Morgan fingerprint density at radius 3 is 2.17 bits per heavy atom. The first-order valence-electron chi connectivity index (χ1n) is 5.28. The lowest BCUT2D eigenvalue weighted by atomic mass is 10.0. The smallest absolute Gasteiger partial charge is 0.416 e. The quantitative estimate of drug-likeness (QED) is 0.774. The summed E-state index contributed by atoms with van der Waals surface area (Å²) in [4.78, 5) is 10.6. The van der Waals surface area contributed by atoms with Gasteiger partial charge in [-0.05, 0) is 18.1 Å². The normalized spacial score (nSPS) is 12.9. The van der Waals surface area contributed by atoms with Crippen molar-refractivity contribution in [1.29, 1.82) is 0 Å². The number of alkyl halides is 3. The maximum absolute atomic E-state index is 12.9. The third-order valence-corrected chi connectivity index (χ3v) is 2.42. The monoisotopic (exact) mass is 258 g/mol. The van der Waals surface area contributed by atoms with E-state index < -0.39 is 24.3 Å². The molecule has 2 nitrogen and oxygen atoms in total. The number of rotatable bonds is 3. The number of esters is 1. The first-order chi connectivity index (χ1) is 8.32. The predicted molar refractivity (Wildman–Crippen MR) is 61.7 cm³/mol. The van der Waals surface area contributed by atoms with Gasteiger partial charge in [-0.1, -0.05) is 30.3 Å². The summed E-state index contributed by atoms with van der Waals surface area (Å²) < 4.78 is 43.0. The number of hydrogen-bond donors (Lipinski definition) is 0. The fraction of sp³-hybridized carbons (Fsp3) is 0.308. The lowest BCUT2D eigenvalue weighted by Gasteiger charge is -2.15. The molecule has 0 saturated carbocycles. The lowest BCUT2D eigenvalue weighted by molar-refractivity contribution is -0.143. The molecule has 0 aliphatic heterocycles. The van der Waals surface area contributed by atoms with E-state index in [0.29, 0.717) is 5.56 Å².